The van der Waals surface area contributed by atoms with Gasteiger partial charge in [0, 0.05) is 17.1 Å². The Bertz CT molecular complexity index is 273. The van der Waals surface area contributed by atoms with Crippen LogP contribution >= 0.6 is 10.7 Å². The van der Waals surface area contributed by atoms with E-state index in [0.29, 0.717) is 6.42 Å². The fraction of sp³-hybridized carbons (Fsp3) is 0.875. The van der Waals surface area contributed by atoms with E-state index in [1.54, 1.807) is 0 Å². The highest BCUT2D eigenvalue weighted by molar-refractivity contribution is 8.14. The van der Waals surface area contributed by atoms with E-state index in [0.717, 1.165) is 6.42 Å². The molecule has 0 rings (SSSR count). The van der Waals surface area contributed by atoms with Crippen LogP contribution in [0.1, 0.15) is 32.6 Å². The number of methoxy groups -OCH3 is 1. The Morgan fingerprint density at radius 3 is 2.36 bits per heavy atom. The van der Waals surface area contributed by atoms with Gasteiger partial charge in [-0.2, -0.15) is 0 Å². The summed E-state index contributed by atoms with van der Waals surface area (Å²) in [6, 6.07) is 0. The minimum absolute atomic E-state index is 0.0904. The minimum atomic E-state index is -3.57. The second kappa shape index (κ2) is 6.24. The van der Waals surface area contributed by atoms with Gasteiger partial charge in [0.15, 0.2) is 0 Å². The minimum Gasteiger partial charge on any atom is -0.469 e. The van der Waals surface area contributed by atoms with Crippen LogP contribution in [0.25, 0.3) is 0 Å². The number of hydrogen-bond acceptors (Lipinski definition) is 4. The van der Waals surface area contributed by atoms with Crippen LogP contribution in [0.15, 0.2) is 0 Å². The summed E-state index contributed by atoms with van der Waals surface area (Å²) in [6.45, 7) is 1.87. The smallest absolute Gasteiger partial charge is 0.305 e. The van der Waals surface area contributed by atoms with Gasteiger partial charge in [-0.3, -0.25) is 4.79 Å². The fourth-order valence-corrected chi connectivity index (χ4v) is 2.58. The number of carbonyl (C=O) groups is 1. The van der Waals surface area contributed by atoms with Crippen LogP contribution in [-0.2, 0) is 18.6 Å². The standard InChI is InChI=1S/C8H15ClO4S/c1-3-4-7(14(9,11)12)5-6-8(10)13-2/h7H,3-6H2,1-2H3. The molecular weight excluding hydrogens is 228 g/mol. The molecule has 6 heteroatoms. The summed E-state index contributed by atoms with van der Waals surface area (Å²) in [5, 5.41) is -0.645. The van der Waals surface area contributed by atoms with Crippen molar-refractivity contribution in [2.24, 2.45) is 0 Å². The highest BCUT2D eigenvalue weighted by Crippen LogP contribution is 2.18. The Kier molecular flexibility index (Phi) is 6.11. The molecule has 0 aliphatic rings. The molecule has 0 heterocycles. The van der Waals surface area contributed by atoms with E-state index in [2.05, 4.69) is 4.74 Å². The summed E-state index contributed by atoms with van der Waals surface area (Å²) in [5.41, 5.74) is 0. The van der Waals surface area contributed by atoms with Crippen molar-refractivity contribution in [1.82, 2.24) is 0 Å². The van der Waals surface area contributed by atoms with Gasteiger partial charge in [0.25, 0.3) is 0 Å². The number of carbonyl (C=O) groups excluding carboxylic acids is 1. The van der Waals surface area contributed by atoms with Crippen LogP contribution in [0.3, 0.4) is 0 Å². The van der Waals surface area contributed by atoms with Gasteiger partial charge >= 0.3 is 5.97 Å². The highest BCUT2D eigenvalue weighted by atomic mass is 35.7. The SMILES string of the molecule is CCCC(CCC(=O)OC)S(=O)(=O)Cl. The Balaban J connectivity index is 4.18. The summed E-state index contributed by atoms with van der Waals surface area (Å²) < 4.78 is 26.5. The van der Waals surface area contributed by atoms with Crippen molar-refractivity contribution in [2.75, 3.05) is 7.11 Å². The molecule has 0 aromatic carbocycles. The Labute approximate surface area is 89.0 Å². The second-order valence-electron chi connectivity index (χ2n) is 3.00. The zero-order valence-corrected chi connectivity index (χ0v) is 9.90. The van der Waals surface area contributed by atoms with Gasteiger partial charge in [0.1, 0.15) is 0 Å². The molecule has 0 fully saturated rings. The predicted molar refractivity (Wildman–Crippen MR) is 54.7 cm³/mol. The van der Waals surface area contributed by atoms with Crippen LogP contribution in [0.5, 0.6) is 0 Å². The number of rotatable bonds is 6. The molecule has 0 aliphatic carbocycles. The zero-order valence-electron chi connectivity index (χ0n) is 8.32. The van der Waals surface area contributed by atoms with E-state index in [9.17, 15) is 13.2 Å². The van der Waals surface area contributed by atoms with E-state index in [-0.39, 0.29) is 12.8 Å². The number of halogens is 1. The molecule has 0 saturated heterocycles. The van der Waals surface area contributed by atoms with Gasteiger partial charge < -0.3 is 4.74 Å². The van der Waals surface area contributed by atoms with Gasteiger partial charge in [-0.15, -0.1) is 0 Å². The molecule has 1 atom stereocenters. The maximum atomic E-state index is 11.0. The Morgan fingerprint density at radius 1 is 1.43 bits per heavy atom. The monoisotopic (exact) mass is 242 g/mol. The number of hydrogen-bond donors (Lipinski definition) is 0. The lowest BCUT2D eigenvalue weighted by Gasteiger charge is -2.10. The van der Waals surface area contributed by atoms with E-state index < -0.39 is 20.3 Å². The molecule has 0 N–H and O–H groups in total. The van der Waals surface area contributed by atoms with Crippen LogP contribution < -0.4 is 0 Å². The lowest BCUT2D eigenvalue weighted by atomic mass is 10.1. The highest BCUT2D eigenvalue weighted by Gasteiger charge is 2.22. The molecule has 0 aromatic heterocycles. The maximum absolute atomic E-state index is 11.0. The summed E-state index contributed by atoms with van der Waals surface area (Å²) in [7, 11) is 2.93. The second-order valence-corrected chi connectivity index (χ2v) is 5.91. The first-order chi connectivity index (χ1) is 6.41. The molecule has 0 amide bonds. The third-order valence-corrected chi connectivity index (χ3v) is 3.93. The molecule has 1 unspecified atom stereocenters. The third-order valence-electron chi connectivity index (χ3n) is 1.91. The quantitative estimate of drug-likeness (QED) is 0.525. The number of esters is 1. The summed E-state index contributed by atoms with van der Waals surface area (Å²) in [5.74, 6) is -0.411. The van der Waals surface area contributed by atoms with E-state index in [1.165, 1.54) is 7.11 Å². The molecule has 0 spiro atoms. The van der Waals surface area contributed by atoms with Crippen molar-refractivity contribution in [3.63, 3.8) is 0 Å². The molecule has 0 bridgehead atoms. The van der Waals surface area contributed by atoms with E-state index in [4.69, 9.17) is 10.7 Å². The summed E-state index contributed by atoms with van der Waals surface area (Å²) >= 11 is 0. The van der Waals surface area contributed by atoms with Gasteiger partial charge in [0.2, 0.25) is 9.05 Å². The lowest BCUT2D eigenvalue weighted by Crippen LogP contribution is -2.18. The van der Waals surface area contributed by atoms with Crippen molar-refractivity contribution in [2.45, 2.75) is 37.9 Å². The number of ether oxygens (including phenoxy) is 1. The molecule has 0 aromatic rings. The van der Waals surface area contributed by atoms with Crippen molar-refractivity contribution < 1.29 is 17.9 Å². The molecule has 0 aliphatic heterocycles. The molecular formula is C8H15ClO4S. The van der Waals surface area contributed by atoms with Crippen molar-refractivity contribution in [3.05, 3.63) is 0 Å². The largest absolute Gasteiger partial charge is 0.469 e. The topological polar surface area (TPSA) is 60.4 Å². The van der Waals surface area contributed by atoms with Gasteiger partial charge in [-0.25, -0.2) is 8.42 Å². The average molecular weight is 243 g/mol. The first kappa shape index (κ1) is 13.7. The van der Waals surface area contributed by atoms with Gasteiger partial charge in [-0.1, -0.05) is 13.3 Å². The van der Waals surface area contributed by atoms with Crippen molar-refractivity contribution in [3.8, 4) is 0 Å². The van der Waals surface area contributed by atoms with Crippen molar-refractivity contribution >= 4 is 25.7 Å². The summed E-state index contributed by atoms with van der Waals surface area (Å²) in [4.78, 5) is 10.8. The van der Waals surface area contributed by atoms with E-state index >= 15 is 0 Å². The van der Waals surface area contributed by atoms with E-state index in [1.807, 2.05) is 6.92 Å². The first-order valence-corrected chi connectivity index (χ1v) is 6.79. The zero-order chi connectivity index (χ0) is 11.2. The van der Waals surface area contributed by atoms with Crippen molar-refractivity contribution in [1.29, 1.82) is 0 Å². The normalized spacial score (nSPS) is 13.6. The van der Waals surface area contributed by atoms with Crippen LogP contribution in [-0.4, -0.2) is 26.7 Å². The average Bonchev–Trinajstić information content (AvgIpc) is 2.09. The van der Waals surface area contributed by atoms with Gasteiger partial charge in [-0.05, 0) is 12.8 Å². The summed E-state index contributed by atoms with van der Waals surface area (Å²) in [6.07, 6.45) is 1.51. The Hall–Kier alpha value is -0.290. The molecule has 0 saturated carbocycles. The van der Waals surface area contributed by atoms with Crippen LogP contribution in [0, 0.1) is 0 Å². The Morgan fingerprint density at radius 2 is 2.00 bits per heavy atom. The van der Waals surface area contributed by atoms with Crippen LogP contribution in [0.2, 0.25) is 0 Å². The molecule has 84 valence electrons. The fourth-order valence-electron chi connectivity index (χ4n) is 1.13. The predicted octanol–water partition coefficient (Wildman–Crippen LogP) is 1.68. The molecule has 14 heavy (non-hydrogen) atoms. The van der Waals surface area contributed by atoms with Crippen LogP contribution in [0.4, 0.5) is 0 Å². The molecule has 4 nitrogen and oxygen atoms in total. The van der Waals surface area contributed by atoms with Gasteiger partial charge in [0.05, 0.1) is 12.4 Å². The lowest BCUT2D eigenvalue weighted by molar-refractivity contribution is -0.140. The maximum Gasteiger partial charge on any atom is 0.305 e. The third kappa shape index (κ3) is 5.44. The first-order valence-electron chi connectivity index (χ1n) is 4.42. The molecule has 0 radical (unpaired) electrons.